The van der Waals surface area contributed by atoms with E-state index in [9.17, 15) is 4.79 Å². The predicted octanol–water partition coefficient (Wildman–Crippen LogP) is 3.32. The van der Waals surface area contributed by atoms with Crippen LogP contribution >= 0.6 is 0 Å². The molecule has 2 aromatic carbocycles. The van der Waals surface area contributed by atoms with Gasteiger partial charge in [0.1, 0.15) is 18.5 Å². The fourth-order valence-corrected chi connectivity index (χ4v) is 2.64. The van der Waals surface area contributed by atoms with Crippen LogP contribution in [0.1, 0.15) is 26.3 Å². The first-order valence-electron chi connectivity index (χ1n) is 8.80. The van der Waals surface area contributed by atoms with Gasteiger partial charge in [-0.1, -0.05) is 45.0 Å². The zero-order valence-corrected chi connectivity index (χ0v) is 15.5. The first kappa shape index (κ1) is 18.1. The normalized spacial score (nSPS) is 16.0. The van der Waals surface area contributed by atoms with Crippen LogP contribution in [0.5, 0.6) is 17.2 Å². The smallest absolute Gasteiger partial charge is 0.258 e. The second-order valence-electron chi connectivity index (χ2n) is 7.36. The minimum absolute atomic E-state index is 0.0287. The van der Waals surface area contributed by atoms with Gasteiger partial charge >= 0.3 is 0 Å². The highest BCUT2D eigenvalue weighted by atomic mass is 16.6. The van der Waals surface area contributed by atoms with E-state index in [1.807, 2.05) is 48.5 Å². The molecule has 5 heteroatoms. The van der Waals surface area contributed by atoms with E-state index < -0.39 is 0 Å². The van der Waals surface area contributed by atoms with E-state index >= 15 is 0 Å². The first-order valence-corrected chi connectivity index (χ1v) is 8.80. The summed E-state index contributed by atoms with van der Waals surface area (Å²) in [7, 11) is 0. The lowest BCUT2D eigenvalue weighted by Gasteiger charge is -2.26. The summed E-state index contributed by atoms with van der Waals surface area (Å²) in [6, 6.07) is 15.3. The van der Waals surface area contributed by atoms with E-state index in [4.69, 9.17) is 14.2 Å². The number of amides is 1. The Labute approximate surface area is 154 Å². The molecule has 0 radical (unpaired) electrons. The lowest BCUT2D eigenvalue weighted by atomic mass is 9.87. The molecule has 2 aromatic rings. The first-order chi connectivity index (χ1) is 12.4. The van der Waals surface area contributed by atoms with Gasteiger partial charge in [-0.25, -0.2) is 0 Å². The SMILES string of the molecule is CC(C)(C)c1ccc(OCC(=O)NCC2COc3ccccc3O2)cc1. The van der Waals surface area contributed by atoms with Gasteiger partial charge < -0.3 is 19.5 Å². The Balaban J connectivity index is 1.42. The molecule has 1 atom stereocenters. The summed E-state index contributed by atoms with van der Waals surface area (Å²) >= 11 is 0. The van der Waals surface area contributed by atoms with Crippen molar-refractivity contribution >= 4 is 5.91 Å². The van der Waals surface area contributed by atoms with Crippen molar-refractivity contribution in [3.63, 3.8) is 0 Å². The van der Waals surface area contributed by atoms with Crippen LogP contribution < -0.4 is 19.5 Å². The van der Waals surface area contributed by atoms with Gasteiger partial charge in [0.05, 0.1) is 6.54 Å². The standard InChI is InChI=1S/C21H25NO4/c1-21(2,3)15-8-10-16(11-9-15)24-14-20(23)22-12-17-13-25-18-6-4-5-7-19(18)26-17/h4-11,17H,12-14H2,1-3H3,(H,22,23). The zero-order chi connectivity index (χ0) is 18.6. The maximum absolute atomic E-state index is 12.0. The van der Waals surface area contributed by atoms with Gasteiger partial charge in [0, 0.05) is 0 Å². The van der Waals surface area contributed by atoms with E-state index in [2.05, 4.69) is 26.1 Å². The summed E-state index contributed by atoms with van der Waals surface area (Å²) in [4.78, 5) is 12.0. The van der Waals surface area contributed by atoms with Crippen LogP contribution in [0.15, 0.2) is 48.5 Å². The lowest BCUT2D eigenvalue weighted by molar-refractivity contribution is -0.123. The van der Waals surface area contributed by atoms with Crippen molar-refractivity contribution in [2.45, 2.75) is 32.3 Å². The molecule has 0 fully saturated rings. The Hall–Kier alpha value is -2.69. The van der Waals surface area contributed by atoms with Crippen molar-refractivity contribution in [1.29, 1.82) is 0 Å². The van der Waals surface area contributed by atoms with Crippen LogP contribution in [-0.4, -0.2) is 31.8 Å². The summed E-state index contributed by atoms with van der Waals surface area (Å²) in [6.45, 7) is 7.23. The summed E-state index contributed by atoms with van der Waals surface area (Å²) in [5.74, 6) is 1.93. The molecule has 0 spiro atoms. The van der Waals surface area contributed by atoms with Crippen molar-refractivity contribution in [3.05, 3.63) is 54.1 Å². The molecule has 1 aliphatic rings. The topological polar surface area (TPSA) is 56.8 Å². The monoisotopic (exact) mass is 355 g/mol. The van der Waals surface area contributed by atoms with E-state index in [0.717, 1.165) is 5.75 Å². The number of carbonyl (C=O) groups excluding carboxylic acids is 1. The minimum Gasteiger partial charge on any atom is -0.486 e. The molecule has 1 aliphatic heterocycles. The number of rotatable bonds is 5. The highest BCUT2D eigenvalue weighted by molar-refractivity contribution is 5.77. The molecule has 0 bridgehead atoms. The molecular weight excluding hydrogens is 330 g/mol. The van der Waals surface area contributed by atoms with Crippen molar-refractivity contribution in [2.75, 3.05) is 19.8 Å². The summed E-state index contributed by atoms with van der Waals surface area (Å²) in [5, 5.41) is 2.82. The fourth-order valence-electron chi connectivity index (χ4n) is 2.64. The largest absolute Gasteiger partial charge is 0.486 e. The van der Waals surface area contributed by atoms with Gasteiger partial charge in [0.2, 0.25) is 0 Å². The highest BCUT2D eigenvalue weighted by Gasteiger charge is 2.21. The molecule has 1 amide bonds. The summed E-state index contributed by atoms with van der Waals surface area (Å²) in [6.07, 6.45) is -0.208. The minimum atomic E-state index is -0.208. The maximum atomic E-state index is 12.0. The molecule has 1 heterocycles. The average molecular weight is 355 g/mol. The zero-order valence-electron chi connectivity index (χ0n) is 15.5. The van der Waals surface area contributed by atoms with Crippen LogP contribution in [0, 0.1) is 0 Å². The van der Waals surface area contributed by atoms with Gasteiger partial charge in [-0.2, -0.15) is 0 Å². The number of nitrogens with one attached hydrogen (secondary N) is 1. The van der Waals surface area contributed by atoms with E-state index in [-0.39, 0.29) is 24.0 Å². The van der Waals surface area contributed by atoms with E-state index in [1.165, 1.54) is 5.56 Å². The highest BCUT2D eigenvalue weighted by Crippen LogP contribution is 2.30. The number of ether oxygens (including phenoxy) is 3. The second kappa shape index (κ2) is 7.68. The second-order valence-corrected chi connectivity index (χ2v) is 7.36. The Bertz CT molecular complexity index is 749. The quantitative estimate of drug-likeness (QED) is 0.894. The molecular formula is C21H25NO4. The third kappa shape index (κ3) is 4.69. The Kier molecular flexibility index (Phi) is 5.35. The van der Waals surface area contributed by atoms with Gasteiger partial charge in [-0.05, 0) is 35.2 Å². The van der Waals surface area contributed by atoms with E-state index in [1.54, 1.807) is 0 Å². The van der Waals surface area contributed by atoms with Crippen LogP contribution in [0.3, 0.4) is 0 Å². The molecule has 3 rings (SSSR count). The van der Waals surface area contributed by atoms with Gasteiger partial charge in [0.15, 0.2) is 18.1 Å². The molecule has 5 nitrogen and oxygen atoms in total. The van der Waals surface area contributed by atoms with Crippen LogP contribution in [0.25, 0.3) is 0 Å². The summed E-state index contributed by atoms with van der Waals surface area (Å²) < 4.78 is 17.0. The predicted molar refractivity (Wildman–Crippen MR) is 100.0 cm³/mol. The molecule has 1 unspecified atom stereocenters. The Morgan fingerprint density at radius 2 is 1.81 bits per heavy atom. The number of benzene rings is 2. The van der Waals surface area contributed by atoms with Crippen LogP contribution in [-0.2, 0) is 10.2 Å². The van der Waals surface area contributed by atoms with Crippen molar-refractivity contribution < 1.29 is 19.0 Å². The van der Waals surface area contributed by atoms with Gasteiger partial charge in [-0.3, -0.25) is 4.79 Å². The number of carbonyl (C=O) groups is 1. The van der Waals surface area contributed by atoms with Crippen molar-refractivity contribution in [1.82, 2.24) is 5.32 Å². The average Bonchev–Trinajstić information content (AvgIpc) is 2.64. The third-order valence-corrected chi connectivity index (χ3v) is 4.18. The number of hydrogen-bond donors (Lipinski definition) is 1. The molecule has 0 saturated heterocycles. The van der Waals surface area contributed by atoms with Gasteiger partial charge in [0.25, 0.3) is 5.91 Å². The molecule has 0 aliphatic carbocycles. The van der Waals surface area contributed by atoms with Crippen LogP contribution in [0.2, 0.25) is 0 Å². The number of para-hydroxylation sites is 2. The maximum Gasteiger partial charge on any atom is 0.258 e. The summed E-state index contributed by atoms with van der Waals surface area (Å²) in [5.41, 5.74) is 1.32. The van der Waals surface area contributed by atoms with Gasteiger partial charge in [-0.15, -0.1) is 0 Å². The van der Waals surface area contributed by atoms with E-state index in [0.29, 0.717) is 24.7 Å². The molecule has 138 valence electrons. The van der Waals surface area contributed by atoms with Crippen molar-refractivity contribution in [3.8, 4) is 17.2 Å². The van der Waals surface area contributed by atoms with Crippen molar-refractivity contribution in [2.24, 2.45) is 0 Å². The number of fused-ring (bicyclic) bond motifs is 1. The lowest BCUT2D eigenvalue weighted by Crippen LogP contribution is -2.42. The molecule has 1 N–H and O–H groups in total. The molecule has 0 aromatic heterocycles. The number of hydrogen-bond acceptors (Lipinski definition) is 4. The molecule has 26 heavy (non-hydrogen) atoms. The molecule has 0 saturated carbocycles. The Morgan fingerprint density at radius 3 is 2.50 bits per heavy atom. The third-order valence-electron chi connectivity index (χ3n) is 4.18. The van der Waals surface area contributed by atoms with Crippen LogP contribution in [0.4, 0.5) is 0 Å². The Morgan fingerprint density at radius 1 is 1.12 bits per heavy atom. The fraction of sp³-hybridized carbons (Fsp3) is 0.381.